The van der Waals surface area contributed by atoms with Crippen molar-refractivity contribution in [3.63, 3.8) is 0 Å². The number of aliphatic hydroxyl groups excluding tert-OH is 10. The van der Waals surface area contributed by atoms with Crippen molar-refractivity contribution in [2.24, 2.45) is 5.92 Å². The summed E-state index contributed by atoms with van der Waals surface area (Å²) < 4.78 is 17.6. The van der Waals surface area contributed by atoms with E-state index in [2.05, 4.69) is 41.5 Å². The molecule has 8 atom stereocenters. The van der Waals surface area contributed by atoms with Crippen molar-refractivity contribution in [1.29, 1.82) is 0 Å². The van der Waals surface area contributed by atoms with Crippen LogP contribution in [0.25, 0.3) is 0 Å². The Balaban J connectivity index is -0.00000487. The fraction of sp³-hybridized carbons (Fsp3) is 0.933. The molecule has 662 valence electrons. The van der Waals surface area contributed by atoms with Gasteiger partial charge in [-0.05, 0) is 177 Å². The molecule has 0 rings (SSSR count). The second-order valence-corrected chi connectivity index (χ2v) is 30.3. The number of hydrogen-bond donors (Lipinski definition) is 20. The van der Waals surface area contributed by atoms with E-state index in [4.69, 9.17) is 19.6 Å². The van der Waals surface area contributed by atoms with Crippen LogP contribution in [-0.2, 0) is 33.4 Å². The number of unbranched alkanes of at least 4 members (excludes halogenated alkanes) is 25. The van der Waals surface area contributed by atoms with Crippen molar-refractivity contribution in [2.75, 3.05) is 132 Å². The molecule has 20 N–H and O–H groups in total. The molecule has 0 unspecified atom stereocenters. The molecule has 32 nitrogen and oxygen atoms in total. The van der Waals surface area contributed by atoms with Crippen LogP contribution < -0.4 is 31.9 Å². The van der Waals surface area contributed by atoms with Gasteiger partial charge in [0.25, 0.3) is 11.8 Å². The molecule has 0 heterocycles. The number of hydrogen-bond acceptors (Lipinski definition) is 27. The average Bonchev–Trinajstić information content (AvgIpc) is 0.878. The van der Waals surface area contributed by atoms with Gasteiger partial charge in [0.1, 0.15) is 36.6 Å². The quantitative estimate of drug-likeness (QED) is 0.0300. The zero-order valence-electron chi connectivity index (χ0n) is 71.0. The molecule has 0 aliphatic carbocycles. The van der Waals surface area contributed by atoms with E-state index in [9.17, 15) is 84.9 Å². The van der Waals surface area contributed by atoms with E-state index in [1.165, 1.54) is 110 Å². The van der Waals surface area contributed by atoms with Crippen LogP contribution in [0.4, 0.5) is 0 Å². The van der Waals surface area contributed by atoms with E-state index < -0.39 is 108 Å². The Bertz CT molecular complexity index is 2200. The number of rotatable bonds is 76. The Morgan fingerprint density at radius 1 is 0.354 bits per heavy atom. The first-order chi connectivity index (χ1) is 54.0. The summed E-state index contributed by atoms with van der Waals surface area (Å²) in [6.07, 6.45) is 19.9. The molecule has 5 amide bonds. The van der Waals surface area contributed by atoms with Crippen molar-refractivity contribution >= 4 is 72.0 Å². The number of amides is 5. The molecule has 0 aromatic rings. The van der Waals surface area contributed by atoms with Crippen LogP contribution >= 0.6 is 0 Å². The maximum absolute atomic E-state index is 13.3. The maximum atomic E-state index is 13.3. The molecule has 0 aromatic heterocycles. The maximum Gasteiger partial charge on any atom is 0 e. The standard InChI is InChI=1S/C73H153B4N11O19.2CH3BO.2H2/c1-74(104)84(5)48-36-52-87(76(3)106)50-34-32-42-78-56-60(57-79-43-33-35-51-88(77(4)107)53-37-49-85(6)75(2)105)38-28-25-27-31-44-80-63(93)39-29-24-22-20-18-16-14-12-10-8-7-9-11-13-15-17-19-21-23-26-30-45-81-64(94)40-41-65(95)86(54-46-82-72(102)70(100)68(98)66(96)61(91)58-89)55-47-83-73(103)71(101)69(99)67(97)62(92)59-90;2*1-2-3;;/h60-62,66-71,78-79,89-92,96-101,104-107H,7-59H2,1-6H3,(H,80,93)(H,81,94)(H,82,102)(H,83,103);2*1H3;2*1H/t61-,62+,66+,67-,68-,69+,70+,71-;;;;. The number of aliphatic hydroxyl groups is 10. The summed E-state index contributed by atoms with van der Waals surface area (Å²) >= 11 is 0. The number of nitrogens with zero attached hydrogens (tertiary/aromatic N) is 5. The van der Waals surface area contributed by atoms with Crippen LogP contribution in [0.3, 0.4) is 0 Å². The van der Waals surface area contributed by atoms with Crippen LogP contribution in [0, 0.1) is 5.92 Å². The molecule has 0 aliphatic rings. The van der Waals surface area contributed by atoms with E-state index in [0.717, 1.165) is 200 Å². The van der Waals surface area contributed by atoms with Crippen LogP contribution in [0.5, 0.6) is 0 Å². The van der Waals surface area contributed by atoms with Gasteiger partial charge in [-0.15, -0.1) is 0 Å². The van der Waals surface area contributed by atoms with Gasteiger partial charge in [0.15, 0.2) is 12.2 Å². The summed E-state index contributed by atoms with van der Waals surface area (Å²) in [7, 11) is 3.36. The van der Waals surface area contributed by atoms with Gasteiger partial charge in [-0.1, -0.05) is 141 Å². The van der Waals surface area contributed by atoms with Crippen LogP contribution in [0.1, 0.15) is 228 Å². The molecule has 0 saturated carbocycles. The zero-order valence-corrected chi connectivity index (χ0v) is 71.0. The Kier molecular flexibility index (Phi) is 78.9. The molecule has 0 spiro atoms. The summed E-state index contributed by atoms with van der Waals surface area (Å²) in [6, 6.07) is 0. The Labute approximate surface area is 685 Å². The molecular formula is C75H163B6N11O21. The van der Waals surface area contributed by atoms with E-state index in [1.807, 2.05) is 37.4 Å². The third kappa shape index (κ3) is 66.1. The number of carbonyl (C=O) groups is 5. The molecular weight excluding hydrogens is 1460 g/mol. The minimum atomic E-state index is -2.23. The topological polar surface area (TPSA) is 491 Å². The van der Waals surface area contributed by atoms with Crippen molar-refractivity contribution in [1.82, 2.24) is 56.0 Å². The van der Waals surface area contributed by atoms with Gasteiger partial charge in [-0.2, -0.15) is 0 Å². The molecule has 0 radical (unpaired) electrons. The monoisotopic (exact) mass is 1620 g/mol. The molecule has 0 saturated heterocycles. The van der Waals surface area contributed by atoms with Gasteiger partial charge in [0, 0.05) is 61.4 Å². The van der Waals surface area contributed by atoms with Gasteiger partial charge < -0.3 is 127 Å². The van der Waals surface area contributed by atoms with Gasteiger partial charge in [-0.3, -0.25) is 24.0 Å². The van der Waals surface area contributed by atoms with Gasteiger partial charge in [0.2, 0.25) is 17.7 Å². The normalized spacial score (nSPS) is 13.5. The average molecular weight is 1620 g/mol. The Morgan fingerprint density at radius 2 is 0.655 bits per heavy atom. The first-order valence-electron chi connectivity index (χ1n) is 42.9. The Hall–Kier alpha value is -3.46. The SMILES string of the molecule is CB(O)N(C)CCCN(CCCCNCC(CCCCCCNC(=O)CCCCCCCCCCCCCCCCCCCCCCCNC(=O)CCC(=O)N(CCNC(=O)[C@@H](O)[C@H](O)[C@@H](O)[C@H](O)CO)CCNC(=O)[C@H](O)[C@@H](O)[C@H](O)[C@@H](O)CO)CNCCCCN(CCCN(C)B(C)O)B(C)O)B(C)O.CB=O.CB=O.[HH].[HH]. The summed E-state index contributed by atoms with van der Waals surface area (Å²) in [5.74, 6) is -2.60. The number of nitrogens with one attached hydrogen (secondary N) is 6. The predicted octanol–water partition coefficient (Wildman–Crippen LogP) is 1.17. The Morgan fingerprint density at radius 3 is 0.982 bits per heavy atom. The van der Waals surface area contributed by atoms with Crippen LogP contribution in [-0.4, -0.2) is 348 Å². The largest absolute Gasteiger partial charge is 0 e. The fourth-order valence-corrected chi connectivity index (χ4v) is 12.7. The van der Waals surface area contributed by atoms with E-state index >= 15 is 0 Å². The fourth-order valence-electron chi connectivity index (χ4n) is 12.7. The first kappa shape index (κ1) is 114. The minimum absolute atomic E-state index is 0. The third-order valence-corrected chi connectivity index (χ3v) is 20.3. The minimum Gasteiger partial charge on any atom is 0 e. The van der Waals surface area contributed by atoms with E-state index in [1.54, 1.807) is 13.6 Å². The second kappa shape index (κ2) is 78.4. The van der Waals surface area contributed by atoms with Gasteiger partial charge in [0.05, 0.1) is 13.2 Å². The smallest absolute Gasteiger partial charge is 0 e. The van der Waals surface area contributed by atoms with Crippen LogP contribution in [0.2, 0.25) is 40.9 Å². The summed E-state index contributed by atoms with van der Waals surface area (Å²) in [5.41, 5.74) is 0. The van der Waals surface area contributed by atoms with Crippen molar-refractivity contribution in [2.45, 2.75) is 314 Å². The summed E-state index contributed by atoms with van der Waals surface area (Å²) in [5, 5.41) is 155. The van der Waals surface area contributed by atoms with Gasteiger partial charge in [-0.25, -0.2) is 0 Å². The third-order valence-electron chi connectivity index (χ3n) is 20.3. The molecule has 0 bridgehead atoms. The molecule has 0 fully saturated rings. The molecule has 113 heavy (non-hydrogen) atoms. The molecule has 0 aromatic carbocycles. The first-order valence-corrected chi connectivity index (χ1v) is 42.9. The van der Waals surface area contributed by atoms with E-state index in [0.29, 0.717) is 18.9 Å². The summed E-state index contributed by atoms with van der Waals surface area (Å²) in [4.78, 5) is 72.6. The zero-order chi connectivity index (χ0) is 85.4. The van der Waals surface area contributed by atoms with Crippen molar-refractivity contribution < 1.29 is 107 Å². The van der Waals surface area contributed by atoms with E-state index in [-0.39, 0.29) is 53.7 Å². The molecule has 38 heteroatoms. The number of carbonyl (C=O) groups excluding carboxylic acids is 5. The van der Waals surface area contributed by atoms with Gasteiger partial charge >= 0.3 is 65.6 Å². The summed E-state index contributed by atoms with van der Waals surface area (Å²) in [6.45, 7) is 16.8. The van der Waals surface area contributed by atoms with Crippen LogP contribution in [0.15, 0.2) is 0 Å². The van der Waals surface area contributed by atoms with Crippen molar-refractivity contribution in [3.05, 3.63) is 0 Å². The second-order valence-electron chi connectivity index (χ2n) is 30.3. The molecule has 0 aliphatic heterocycles. The van der Waals surface area contributed by atoms with Crippen molar-refractivity contribution in [3.8, 4) is 0 Å². The predicted molar refractivity (Wildman–Crippen MR) is 454 cm³/mol.